The fourth-order valence-electron chi connectivity index (χ4n) is 2.90. The molecule has 1 aliphatic heterocycles. The molecule has 1 N–H and O–H groups in total. The van der Waals surface area contributed by atoms with E-state index >= 15 is 0 Å². The fourth-order valence-corrected chi connectivity index (χ4v) is 4.03. The van der Waals surface area contributed by atoms with Crippen LogP contribution in [-0.4, -0.2) is 42.4 Å². The molecule has 0 spiro atoms. The third-order valence-corrected chi connectivity index (χ3v) is 6.40. The monoisotopic (exact) mass is 369 g/mol. The molecule has 1 heterocycles. The van der Waals surface area contributed by atoms with Crippen LogP contribution >= 0.6 is 0 Å². The molecule has 0 radical (unpaired) electrons. The largest absolute Gasteiger partial charge is 0.349 e. The van der Waals surface area contributed by atoms with Gasteiger partial charge in [0, 0.05) is 31.1 Å². The van der Waals surface area contributed by atoms with Gasteiger partial charge in [-0.3, -0.25) is 14.9 Å². The number of nitrogens with zero attached hydrogens (tertiary/aromatic N) is 2. The summed E-state index contributed by atoms with van der Waals surface area (Å²) in [5.41, 5.74) is 0.644. The lowest BCUT2D eigenvalue weighted by Crippen LogP contribution is -2.43. The summed E-state index contributed by atoms with van der Waals surface area (Å²) in [6.07, 6.45) is 0.958. The molecule has 1 amide bonds. The van der Waals surface area contributed by atoms with E-state index in [0.29, 0.717) is 31.5 Å². The average Bonchev–Trinajstić information content (AvgIpc) is 2.61. The van der Waals surface area contributed by atoms with Crippen molar-refractivity contribution in [3.8, 4) is 0 Å². The van der Waals surface area contributed by atoms with Crippen molar-refractivity contribution in [2.45, 2.75) is 32.7 Å². The summed E-state index contributed by atoms with van der Waals surface area (Å²) in [7, 11) is -3.21. The quantitative estimate of drug-likeness (QED) is 0.608. The van der Waals surface area contributed by atoms with Gasteiger partial charge in [0.05, 0.1) is 16.7 Å². The number of nitro benzene ring substituents is 1. The van der Waals surface area contributed by atoms with Crippen molar-refractivity contribution in [1.29, 1.82) is 0 Å². The highest BCUT2D eigenvalue weighted by atomic mass is 32.2. The zero-order chi connectivity index (χ0) is 18.6. The van der Waals surface area contributed by atoms with Crippen LogP contribution in [0.5, 0.6) is 0 Å². The predicted molar refractivity (Wildman–Crippen MR) is 93.4 cm³/mol. The summed E-state index contributed by atoms with van der Waals surface area (Å²) >= 11 is 0. The highest BCUT2D eigenvalue weighted by Crippen LogP contribution is 2.23. The molecule has 1 saturated heterocycles. The minimum absolute atomic E-state index is 0.0170. The van der Waals surface area contributed by atoms with E-state index in [1.54, 1.807) is 26.0 Å². The molecule has 1 aliphatic rings. The van der Waals surface area contributed by atoms with Gasteiger partial charge in [0.25, 0.3) is 5.69 Å². The number of amides is 1. The van der Waals surface area contributed by atoms with E-state index in [2.05, 4.69) is 5.32 Å². The van der Waals surface area contributed by atoms with Crippen molar-refractivity contribution in [3.63, 3.8) is 0 Å². The molecule has 1 unspecified atom stereocenters. The van der Waals surface area contributed by atoms with Gasteiger partial charge in [0.2, 0.25) is 15.9 Å². The van der Waals surface area contributed by atoms with Gasteiger partial charge in [0.1, 0.15) is 0 Å². The molecule has 25 heavy (non-hydrogen) atoms. The molecule has 2 rings (SSSR count). The molecule has 9 heteroatoms. The maximum absolute atomic E-state index is 12.4. The number of carbonyl (C=O) groups is 1. The van der Waals surface area contributed by atoms with Crippen molar-refractivity contribution in [2.24, 2.45) is 5.92 Å². The second-order valence-corrected chi connectivity index (χ2v) is 8.41. The Kier molecular flexibility index (Phi) is 6.12. The minimum atomic E-state index is -3.21. The number of sulfonamides is 1. The van der Waals surface area contributed by atoms with E-state index < -0.39 is 14.9 Å². The summed E-state index contributed by atoms with van der Waals surface area (Å²) in [4.78, 5) is 22.8. The Morgan fingerprint density at radius 3 is 2.60 bits per heavy atom. The summed E-state index contributed by atoms with van der Waals surface area (Å²) in [6.45, 7) is 4.07. The summed E-state index contributed by atoms with van der Waals surface area (Å²) in [5.74, 6) is -0.328. The average molecular weight is 369 g/mol. The lowest BCUT2D eigenvalue weighted by atomic mass is 9.96. The minimum Gasteiger partial charge on any atom is -0.349 e. The number of benzene rings is 1. The van der Waals surface area contributed by atoms with Crippen molar-refractivity contribution in [1.82, 2.24) is 9.62 Å². The number of non-ortho nitro benzene ring substituents is 1. The summed E-state index contributed by atoms with van der Waals surface area (Å²) in [6, 6.07) is 5.81. The van der Waals surface area contributed by atoms with E-state index in [9.17, 15) is 23.3 Å². The topological polar surface area (TPSA) is 110 Å². The zero-order valence-electron chi connectivity index (χ0n) is 14.3. The molecule has 0 aliphatic carbocycles. The van der Waals surface area contributed by atoms with Crippen LogP contribution in [0.15, 0.2) is 24.3 Å². The van der Waals surface area contributed by atoms with Crippen LogP contribution in [0.3, 0.4) is 0 Å². The summed E-state index contributed by atoms with van der Waals surface area (Å²) in [5, 5.41) is 13.7. The highest BCUT2D eigenvalue weighted by molar-refractivity contribution is 7.89. The third-order valence-electron chi connectivity index (χ3n) is 4.52. The normalized spacial score (nSPS) is 17.8. The lowest BCUT2D eigenvalue weighted by molar-refractivity contribution is -0.384. The summed E-state index contributed by atoms with van der Waals surface area (Å²) < 4.78 is 25.1. The van der Waals surface area contributed by atoms with Crippen LogP contribution in [0, 0.1) is 16.0 Å². The molecular formula is C16H23N3O5S. The lowest BCUT2D eigenvalue weighted by Gasteiger charge is -2.30. The van der Waals surface area contributed by atoms with Crippen LogP contribution in [0.2, 0.25) is 0 Å². The Labute approximate surface area is 147 Å². The molecule has 0 bridgehead atoms. The number of piperidine rings is 1. The fraction of sp³-hybridized carbons (Fsp3) is 0.562. The number of rotatable bonds is 6. The first-order chi connectivity index (χ1) is 11.7. The van der Waals surface area contributed by atoms with Gasteiger partial charge in [-0.1, -0.05) is 12.1 Å². The van der Waals surface area contributed by atoms with Crippen LogP contribution < -0.4 is 5.32 Å². The molecule has 138 valence electrons. The second kappa shape index (κ2) is 7.92. The van der Waals surface area contributed by atoms with Gasteiger partial charge in [-0.25, -0.2) is 12.7 Å². The maximum atomic E-state index is 12.4. The Morgan fingerprint density at radius 1 is 1.40 bits per heavy atom. The second-order valence-electron chi connectivity index (χ2n) is 6.16. The van der Waals surface area contributed by atoms with E-state index in [1.807, 2.05) is 0 Å². The number of hydrogen-bond acceptors (Lipinski definition) is 5. The Morgan fingerprint density at radius 2 is 2.04 bits per heavy atom. The molecule has 0 aromatic heterocycles. The van der Waals surface area contributed by atoms with Crippen molar-refractivity contribution in [2.75, 3.05) is 18.8 Å². The Bertz CT molecular complexity index is 742. The van der Waals surface area contributed by atoms with Gasteiger partial charge in [-0.15, -0.1) is 0 Å². The standard InChI is InChI=1S/C16H23N3O5S/c1-3-25(23,24)18-9-7-13(8-10-18)16(20)17-12(2)14-5-4-6-15(11-14)19(21)22/h4-6,11-13H,3,7-10H2,1-2H3,(H,17,20). The first-order valence-electron chi connectivity index (χ1n) is 8.27. The molecule has 1 fully saturated rings. The van der Waals surface area contributed by atoms with Gasteiger partial charge in [-0.2, -0.15) is 0 Å². The Hall–Kier alpha value is -2.00. The molecule has 8 nitrogen and oxygen atoms in total. The van der Waals surface area contributed by atoms with E-state index in [4.69, 9.17) is 0 Å². The molecular weight excluding hydrogens is 346 g/mol. The molecule has 1 aromatic rings. The van der Waals surface area contributed by atoms with Crippen molar-refractivity contribution >= 4 is 21.6 Å². The van der Waals surface area contributed by atoms with Gasteiger partial charge < -0.3 is 5.32 Å². The smallest absolute Gasteiger partial charge is 0.269 e. The van der Waals surface area contributed by atoms with Crippen LogP contribution in [0.25, 0.3) is 0 Å². The van der Waals surface area contributed by atoms with E-state index in [-0.39, 0.29) is 29.3 Å². The van der Waals surface area contributed by atoms with Crippen molar-refractivity contribution < 1.29 is 18.1 Å². The SMILES string of the molecule is CCS(=O)(=O)N1CCC(C(=O)NC(C)c2cccc([N+](=O)[O-])c2)CC1. The zero-order valence-corrected chi connectivity index (χ0v) is 15.2. The first-order valence-corrected chi connectivity index (χ1v) is 9.88. The highest BCUT2D eigenvalue weighted by Gasteiger charge is 2.30. The van der Waals surface area contributed by atoms with Crippen molar-refractivity contribution in [3.05, 3.63) is 39.9 Å². The van der Waals surface area contributed by atoms with Crippen LogP contribution in [-0.2, 0) is 14.8 Å². The number of carbonyl (C=O) groups excluding carboxylic acids is 1. The van der Waals surface area contributed by atoms with E-state index in [1.165, 1.54) is 16.4 Å². The molecule has 1 atom stereocenters. The molecule has 1 aromatic carbocycles. The van der Waals surface area contributed by atoms with Crippen LogP contribution in [0.1, 0.15) is 38.3 Å². The Balaban J connectivity index is 1.94. The van der Waals surface area contributed by atoms with Crippen LogP contribution in [0.4, 0.5) is 5.69 Å². The van der Waals surface area contributed by atoms with Gasteiger partial charge in [0.15, 0.2) is 0 Å². The van der Waals surface area contributed by atoms with E-state index in [0.717, 1.165) is 0 Å². The predicted octanol–water partition coefficient (Wildman–Crippen LogP) is 1.83. The third kappa shape index (κ3) is 4.76. The molecule has 0 saturated carbocycles. The number of nitro groups is 1. The van der Waals surface area contributed by atoms with Gasteiger partial charge in [-0.05, 0) is 32.3 Å². The number of hydrogen-bond donors (Lipinski definition) is 1. The number of nitrogens with one attached hydrogen (secondary N) is 1. The maximum Gasteiger partial charge on any atom is 0.269 e. The van der Waals surface area contributed by atoms with Gasteiger partial charge >= 0.3 is 0 Å². The first kappa shape index (κ1) is 19.3.